The first kappa shape index (κ1) is 16.0. The molecule has 0 amide bonds. The second kappa shape index (κ2) is 6.40. The summed E-state index contributed by atoms with van der Waals surface area (Å²) >= 11 is 3.55. The second-order valence-corrected chi connectivity index (χ2v) is 6.93. The maximum atomic E-state index is 5.85. The van der Waals surface area contributed by atoms with E-state index < -0.39 is 0 Å². The number of methoxy groups -OCH3 is 1. The van der Waals surface area contributed by atoms with Gasteiger partial charge in [-0.25, -0.2) is 4.68 Å². The molecule has 3 N–H and O–H groups in total. The molecule has 2 atom stereocenters. The number of hydrogen-bond donors (Lipinski definition) is 2. The number of nitrogens with two attached hydrogens (primary N) is 1. The molecule has 1 aliphatic rings. The van der Waals surface area contributed by atoms with Crippen LogP contribution in [0.15, 0.2) is 53.0 Å². The van der Waals surface area contributed by atoms with E-state index in [1.165, 1.54) is 0 Å². The fourth-order valence-electron chi connectivity index (χ4n) is 3.26. The third-order valence-electron chi connectivity index (χ3n) is 4.43. The molecule has 3 aromatic rings. The third kappa shape index (κ3) is 3.07. The molecule has 6 nitrogen and oxygen atoms in total. The monoisotopic (exact) mass is 399 g/mol. The summed E-state index contributed by atoms with van der Waals surface area (Å²) in [7, 11) is 1.68. The van der Waals surface area contributed by atoms with Crippen molar-refractivity contribution in [1.29, 1.82) is 0 Å². The van der Waals surface area contributed by atoms with Gasteiger partial charge < -0.3 is 15.8 Å². The highest BCUT2D eigenvalue weighted by Gasteiger charge is 2.31. The predicted molar refractivity (Wildman–Crippen MR) is 101 cm³/mol. The second-order valence-electron chi connectivity index (χ2n) is 6.02. The number of anilines is 2. The molecule has 25 heavy (non-hydrogen) atoms. The summed E-state index contributed by atoms with van der Waals surface area (Å²) in [6.45, 7) is 0. The molecule has 0 saturated heterocycles. The topological polar surface area (TPSA) is 78.0 Å². The van der Waals surface area contributed by atoms with Crippen molar-refractivity contribution in [2.24, 2.45) is 0 Å². The van der Waals surface area contributed by atoms with Crippen LogP contribution in [0.5, 0.6) is 5.75 Å². The van der Waals surface area contributed by atoms with Crippen LogP contribution in [0.2, 0.25) is 0 Å². The first-order valence-corrected chi connectivity index (χ1v) is 8.81. The molecule has 0 saturated carbocycles. The fraction of sp³-hybridized carbons (Fsp3) is 0.222. The van der Waals surface area contributed by atoms with Crippen molar-refractivity contribution in [3.63, 3.8) is 0 Å². The zero-order valence-corrected chi connectivity index (χ0v) is 15.3. The SMILES string of the molecule is COc1cccc([C@H]2C[C@H](c3cccc(Br)c3)n3nc(N)nc3N2)c1. The summed E-state index contributed by atoms with van der Waals surface area (Å²) in [6.07, 6.45) is 0.833. The smallest absolute Gasteiger partial charge is 0.241 e. The summed E-state index contributed by atoms with van der Waals surface area (Å²) in [5.41, 5.74) is 8.15. The van der Waals surface area contributed by atoms with Crippen molar-refractivity contribution >= 4 is 27.8 Å². The minimum atomic E-state index is 0.0507. The van der Waals surface area contributed by atoms with Crippen LogP contribution in [0, 0.1) is 0 Å². The highest BCUT2D eigenvalue weighted by molar-refractivity contribution is 9.10. The molecule has 2 heterocycles. The molecule has 0 aliphatic carbocycles. The van der Waals surface area contributed by atoms with E-state index in [1.807, 2.05) is 35.0 Å². The van der Waals surface area contributed by atoms with E-state index in [0.717, 1.165) is 27.8 Å². The number of rotatable bonds is 3. The van der Waals surface area contributed by atoms with Gasteiger partial charge in [0.15, 0.2) is 0 Å². The molecule has 0 fully saturated rings. The predicted octanol–water partition coefficient (Wildman–Crippen LogP) is 3.78. The molecular formula is C18H18BrN5O. The lowest BCUT2D eigenvalue weighted by atomic mass is 9.93. The van der Waals surface area contributed by atoms with E-state index in [1.54, 1.807) is 7.11 Å². The molecule has 0 unspecified atom stereocenters. The minimum absolute atomic E-state index is 0.0507. The van der Waals surface area contributed by atoms with Crippen molar-refractivity contribution in [2.45, 2.75) is 18.5 Å². The van der Waals surface area contributed by atoms with E-state index in [2.05, 4.69) is 49.5 Å². The lowest BCUT2D eigenvalue weighted by Gasteiger charge is -2.31. The highest BCUT2D eigenvalue weighted by Crippen LogP contribution is 2.39. The molecule has 1 aliphatic heterocycles. The van der Waals surface area contributed by atoms with Gasteiger partial charge in [-0.3, -0.25) is 0 Å². The van der Waals surface area contributed by atoms with Crippen LogP contribution in [-0.2, 0) is 0 Å². The maximum Gasteiger partial charge on any atom is 0.241 e. The van der Waals surface area contributed by atoms with E-state index >= 15 is 0 Å². The molecule has 0 radical (unpaired) electrons. The first-order chi connectivity index (χ1) is 12.1. The van der Waals surface area contributed by atoms with Gasteiger partial charge in [0.05, 0.1) is 19.2 Å². The van der Waals surface area contributed by atoms with Gasteiger partial charge in [0.2, 0.25) is 11.9 Å². The number of nitrogens with one attached hydrogen (secondary N) is 1. The third-order valence-corrected chi connectivity index (χ3v) is 4.93. The van der Waals surface area contributed by atoms with Gasteiger partial charge in [-0.05, 0) is 41.8 Å². The van der Waals surface area contributed by atoms with Crippen molar-refractivity contribution in [2.75, 3.05) is 18.2 Å². The zero-order valence-electron chi connectivity index (χ0n) is 13.7. The molecule has 128 valence electrons. The number of nitrogen functional groups attached to an aromatic ring is 1. The Morgan fingerprint density at radius 2 is 2.00 bits per heavy atom. The van der Waals surface area contributed by atoms with Gasteiger partial charge in [-0.1, -0.05) is 40.2 Å². The standard InChI is InChI=1S/C18H18BrN5O/c1-25-14-7-3-4-11(9-14)15-10-16(12-5-2-6-13(19)8-12)24-18(21-15)22-17(20)23-24/h2-9,15-16H,10H2,1H3,(H3,20,21,22,23)/t15-,16-/m1/s1. The normalized spacial score (nSPS) is 19.1. The first-order valence-electron chi connectivity index (χ1n) is 8.02. The van der Waals surface area contributed by atoms with Crippen molar-refractivity contribution in [3.8, 4) is 5.75 Å². The Balaban J connectivity index is 1.76. The number of nitrogens with zero attached hydrogens (tertiary/aromatic N) is 3. The summed E-state index contributed by atoms with van der Waals surface area (Å²) in [5, 5.41) is 7.82. The quantitative estimate of drug-likeness (QED) is 0.700. The molecule has 4 rings (SSSR count). The van der Waals surface area contributed by atoms with Gasteiger partial charge >= 0.3 is 0 Å². The fourth-order valence-corrected chi connectivity index (χ4v) is 3.68. The van der Waals surface area contributed by atoms with E-state index in [4.69, 9.17) is 10.5 Å². The maximum absolute atomic E-state index is 5.85. The Morgan fingerprint density at radius 3 is 2.80 bits per heavy atom. The Bertz CT molecular complexity index is 910. The van der Waals surface area contributed by atoms with Gasteiger partial charge in [0.1, 0.15) is 5.75 Å². The van der Waals surface area contributed by atoms with Crippen molar-refractivity contribution < 1.29 is 4.74 Å². The largest absolute Gasteiger partial charge is 0.497 e. The number of ether oxygens (including phenoxy) is 1. The van der Waals surface area contributed by atoms with Crippen LogP contribution in [0.4, 0.5) is 11.9 Å². The molecule has 2 aromatic carbocycles. The van der Waals surface area contributed by atoms with Crippen LogP contribution in [0.1, 0.15) is 29.6 Å². The van der Waals surface area contributed by atoms with Crippen LogP contribution in [-0.4, -0.2) is 21.9 Å². The van der Waals surface area contributed by atoms with Gasteiger partial charge in [-0.2, -0.15) is 4.98 Å². The summed E-state index contributed by atoms with van der Waals surface area (Å²) in [6, 6.07) is 16.5. The number of halogens is 1. The lowest BCUT2D eigenvalue weighted by molar-refractivity contribution is 0.410. The van der Waals surface area contributed by atoms with Crippen LogP contribution in [0.3, 0.4) is 0 Å². The Kier molecular flexibility index (Phi) is 4.09. The number of benzene rings is 2. The molecule has 0 bridgehead atoms. The molecule has 1 aromatic heterocycles. The molecule has 0 spiro atoms. The summed E-state index contributed by atoms with van der Waals surface area (Å²) < 4.78 is 8.27. The average molecular weight is 400 g/mol. The Morgan fingerprint density at radius 1 is 1.20 bits per heavy atom. The van der Waals surface area contributed by atoms with Crippen molar-refractivity contribution in [3.05, 3.63) is 64.1 Å². The Labute approximate surface area is 154 Å². The van der Waals surface area contributed by atoms with Crippen molar-refractivity contribution in [1.82, 2.24) is 14.8 Å². The van der Waals surface area contributed by atoms with Crippen LogP contribution >= 0.6 is 15.9 Å². The van der Waals surface area contributed by atoms with Gasteiger partial charge in [0.25, 0.3) is 0 Å². The van der Waals surface area contributed by atoms with E-state index in [-0.39, 0.29) is 18.0 Å². The van der Waals surface area contributed by atoms with Crippen LogP contribution < -0.4 is 15.8 Å². The number of fused-ring (bicyclic) bond motifs is 1. The summed E-state index contributed by atoms with van der Waals surface area (Å²) in [4.78, 5) is 4.34. The van der Waals surface area contributed by atoms with E-state index in [9.17, 15) is 0 Å². The zero-order chi connectivity index (χ0) is 17.4. The number of hydrogen-bond acceptors (Lipinski definition) is 5. The molecule has 7 heteroatoms. The lowest BCUT2D eigenvalue weighted by Crippen LogP contribution is -2.28. The minimum Gasteiger partial charge on any atom is -0.497 e. The van der Waals surface area contributed by atoms with Crippen LogP contribution in [0.25, 0.3) is 0 Å². The van der Waals surface area contributed by atoms with E-state index in [0.29, 0.717) is 5.95 Å². The Hall–Kier alpha value is -2.54. The number of aromatic nitrogens is 3. The average Bonchev–Trinajstić information content (AvgIpc) is 3.01. The summed E-state index contributed by atoms with van der Waals surface area (Å²) in [5.74, 6) is 1.79. The van der Waals surface area contributed by atoms with Gasteiger partial charge in [-0.15, -0.1) is 5.10 Å². The van der Waals surface area contributed by atoms with Gasteiger partial charge in [0, 0.05) is 4.47 Å². The highest BCUT2D eigenvalue weighted by atomic mass is 79.9. The molecular weight excluding hydrogens is 382 g/mol.